The lowest BCUT2D eigenvalue weighted by molar-refractivity contribution is 0.576. The lowest BCUT2D eigenvalue weighted by Crippen LogP contribution is -2.44. The first kappa shape index (κ1) is 17.3. The van der Waals surface area contributed by atoms with Crippen molar-refractivity contribution >= 4 is 27.3 Å². The van der Waals surface area contributed by atoms with Gasteiger partial charge in [-0.15, -0.1) is 0 Å². The fourth-order valence-corrected chi connectivity index (χ4v) is 4.81. The molecule has 1 atom stereocenters. The van der Waals surface area contributed by atoms with Crippen LogP contribution in [0.5, 0.6) is 0 Å². The molecule has 0 aromatic heterocycles. The molecule has 0 fully saturated rings. The highest BCUT2D eigenvalue weighted by atomic mass is 79.9. The first-order chi connectivity index (χ1) is 13.7. The Morgan fingerprint density at radius 2 is 1.32 bits per heavy atom. The lowest BCUT2D eigenvalue weighted by Gasteiger charge is -2.48. The topological polar surface area (TPSA) is 3.24 Å². The van der Waals surface area contributed by atoms with Crippen LogP contribution in [-0.2, 0) is 5.54 Å². The molecule has 1 heterocycles. The molecule has 0 saturated carbocycles. The SMILES string of the molecule is CC1(c2ccccc2)c2ccccc2-c2cc(Br)ccc2N1c1ccccc1. The van der Waals surface area contributed by atoms with E-state index in [9.17, 15) is 0 Å². The van der Waals surface area contributed by atoms with E-state index >= 15 is 0 Å². The van der Waals surface area contributed by atoms with Crippen LogP contribution in [0, 0.1) is 0 Å². The maximum atomic E-state index is 3.67. The van der Waals surface area contributed by atoms with E-state index in [-0.39, 0.29) is 5.54 Å². The molecule has 136 valence electrons. The second kappa shape index (κ2) is 6.65. The maximum absolute atomic E-state index is 3.67. The largest absolute Gasteiger partial charge is 0.327 e. The average molecular weight is 426 g/mol. The monoisotopic (exact) mass is 425 g/mol. The summed E-state index contributed by atoms with van der Waals surface area (Å²) in [5, 5.41) is 0. The molecule has 1 unspecified atom stereocenters. The maximum Gasteiger partial charge on any atom is 0.0933 e. The molecule has 4 aromatic carbocycles. The highest BCUT2D eigenvalue weighted by Crippen LogP contribution is 2.54. The average Bonchev–Trinajstić information content (AvgIpc) is 2.76. The molecular formula is C26H20BrN. The molecule has 5 rings (SSSR count). The molecule has 0 saturated heterocycles. The quantitative estimate of drug-likeness (QED) is 0.320. The van der Waals surface area contributed by atoms with Crippen LogP contribution < -0.4 is 4.90 Å². The fraction of sp³-hybridized carbons (Fsp3) is 0.0769. The van der Waals surface area contributed by atoms with Crippen molar-refractivity contribution in [3.05, 3.63) is 119 Å². The zero-order valence-corrected chi connectivity index (χ0v) is 17.2. The summed E-state index contributed by atoms with van der Waals surface area (Å²) in [5.74, 6) is 0. The third kappa shape index (κ3) is 2.52. The van der Waals surface area contributed by atoms with Crippen molar-refractivity contribution in [2.45, 2.75) is 12.5 Å². The molecular weight excluding hydrogens is 406 g/mol. The number of nitrogens with zero attached hydrogens (tertiary/aromatic N) is 1. The summed E-state index contributed by atoms with van der Waals surface area (Å²) in [4.78, 5) is 2.48. The number of para-hydroxylation sites is 1. The predicted molar refractivity (Wildman–Crippen MR) is 121 cm³/mol. The smallest absolute Gasteiger partial charge is 0.0933 e. The van der Waals surface area contributed by atoms with Crippen molar-refractivity contribution < 1.29 is 0 Å². The van der Waals surface area contributed by atoms with Crippen molar-refractivity contribution in [3.8, 4) is 11.1 Å². The van der Waals surface area contributed by atoms with Crippen LogP contribution in [0.15, 0.2) is 108 Å². The van der Waals surface area contributed by atoms with E-state index in [1.807, 2.05) is 0 Å². The Kier molecular flexibility index (Phi) is 4.10. The molecule has 0 radical (unpaired) electrons. The zero-order chi connectivity index (χ0) is 19.1. The number of benzene rings is 4. The van der Waals surface area contributed by atoms with Crippen molar-refractivity contribution in [1.82, 2.24) is 0 Å². The second-order valence-electron chi connectivity index (χ2n) is 7.32. The van der Waals surface area contributed by atoms with E-state index in [2.05, 4.69) is 131 Å². The Labute approximate surface area is 174 Å². The van der Waals surface area contributed by atoms with E-state index in [4.69, 9.17) is 0 Å². The summed E-state index contributed by atoms with van der Waals surface area (Å²) < 4.78 is 1.09. The second-order valence-corrected chi connectivity index (χ2v) is 8.23. The predicted octanol–water partition coefficient (Wildman–Crippen LogP) is 7.53. The van der Waals surface area contributed by atoms with Crippen LogP contribution in [0.25, 0.3) is 11.1 Å². The number of anilines is 2. The van der Waals surface area contributed by atoms with Gasteiger partial charge >= 0.3 is 0 Å². The molecule has 28 heavy (non-hydrogen) atoms. The molecule has 2 heteroatoms. The first-order valence-electron chi connectivity index (χ1n) is 9.50. The minimum absolute atomic E-state index is 0.319. The molecule has 0 amide bonds. The van der Waals surface area contributed by atoms with Crippen LogP contribution in [0.3, 0.4) is 0 Å². The summed E-state index contributed by atoms with van der Waals surface area (Å²) in [7, 11) is 0. The Morgan fingerprint density at radius 1 is 0.679 bits per heavy atom. The van der Waals surface area contributed by atoms with E-state index in [0.717, 1.165) is 4.47 Å². The summed E-state index contributed by atoms with van der Waals surface area (Å²) in [6.07, 6.45) is 0. The van der Waals surface area contributed by atoms with Crippen LogP contribution in [-0.4, -0.2) is 0 Å². The molecule has 1 aliphatic rings. The van der Waals surface area contributed by atoms with Gasteiger partial charge in [-0.3, -0.25) is 0 Å². The summed E-state index contributed by atoms with van der Waals surface area (Å²) >= 11 is 3.67. The van der Waals surface area contributed by atoms with Gasteiger partial charge in [0.2, 0.25) is 0 Å². The first-order valence-corrected chi connectivity index (χ1v) is 10.3. The van der Waals surface area contributed by atoms with Crippen LogP contribution in [0.2, 0.25) is 0 Å². The van der Waals surface area contributed by atoms with Crippen LogP contribution >= 0.6 is 15.9 Å². The summed E-state index contributed by atoms with van der Waals surface area (Å²) in [6, 6.07) is 36.9. The van der Waals surface area contributed by atoms with Crippen molar-refractivity contribution in [1.29, 1.82) is 0 Å². The molecule has 0 N–H and O–H groups in total. The van der Waals surface area contributed by atoms with Crippen LogP contribution in [0.1, 0.15) is 18.1 Å². The normalized spacial score (nSPS) is 17.7. The van der Waals surface area contributed by atoms with E-state index < -0.39 is 0 Å². The Morgan fingerprint density at radius 3 is 2.07 bits per heavy atom. The highest BCUT2D eigenvalue weighted by molar-refractivity contribution is 9.10. The van der Waals surface area contributed by atoms with Gasteiger partial charge in [0.25, 0.3) is 0 Å². The lowest BCUT2D eigenvalue weighted by atomic mass is 9.75. The van der Waals surface area contributed by atoms with Gasteiger partial charge in [-0.05, 0) is 53.9 Å². The third-order valence-electron chi connectivity index (χ3n) is 5.74. The summed E-state index contributed by atoms with van der Waals surface area (Å²) in [6.45, 7) is 2.33. The summed E-state index contributed by atoms with van der Waals surface area (Å²) in [5.41, 5.74) is 7.22. The molecule has 0 aliphatic carbocycles. The number of fused-ring (bicyclic) bond motifs is 3. The Hall–Kier alpha value is -2.84. The van der Waals surface area contributed by atoms with Gasteiger partial charge in [-0.2, -0.15) is 0 Å². The molecule has 4 aromatic rings. The molecule has 0 spiro atoms. The number of halogens is 1. The molecule has 1 nitrogen and oxygen atoms in total. The molecule has 1 aliphatic heterocycles. The van der Waals surface area contributed by atoms with Gasteiger partial charge < -0.3 is 4.90 Å². The van der Waals surface area contributed by atoms with Gasteiger partial charge in [-0.25, -0.2) is 0 Å². The third-order valence-corrected chi connectivity index (χ3v) is 6.23. The fourth-order valence-electron chi connectivity index (χ4n) is 4.44. The Bertz CT molecular complexity index is 1140. The van der Waals surface area contributed by atoms with E-state index in [0.29, 0.717) is 0 Å². The van der Waals surface area contributed by atoms with Gasteiger partial charge in [0, 0.05) is 15.7 Å². The van der Waals surface area contributed by atoms with Crippen molar-refractivity contribution in [2.24, 2.45) is 0 Å². The Balaban J connectivity index is 1.90. The number of hydrogen-bond acceptors (Lipinski definition) is 1. The highest BCUT2D eigenvalue weighted by Gasteiger charge is 2.42. The van der Waals surface area contributed by atoms with Gasteiger partial charge in [0.05, 0.1) is 11.2 Å². The van der Waals surface area contributed by atoms with Crippen molar-refractivity contribution in [3.63, 3.8) is 0 Å². The van der Waals surface area contributed by atoms with E-state index in [1.165, 1.54) is 33.6 Å². The number of hydrogen-bond donors (Lipinski definition) is 0. The number of rotatable bonds is 2. The van der Waals surface area contributed by atoms with Gasteiger partial charge in [0.15, 0.2) is 0 Å². The van der Waals surface area contributed by atoms with E-state index in [1.54, 1.807) is 0 Å². The standard InChI is InChI=1S/C26H20BrN/c1-26(19-10-4-2-5-11-19)24-15-9-8-14-22(24)23-18-20(27)16-17-25(23)28(26)21-12-6-3-7-13-21/h2-18H,1H3. The minimum Gasteiger partial charge on any atom is -0.327 e. The van der Waals surface area contributed by atoms with Crippen molar-refractivity contribution in [2.75, 3.05) is 4.90 Å². The minimum atomic E-state index is -0.319. The van der Waals surface area contributed by atoms with Gasteiger partial charge in [0.1, 0.15) is 0 Å². The zero-order valence-electron chi connectivity index (χ0n) is 15.6. The van der Waals surface area contributed by atoms with Gasteiger partial charge in [-0.1, -0.05) is 88.7 Å². The van der Waals surface area contributed by atoms with Crippen LogP contribution in [0.4, 0.5) is 11.4 Å². The molecule has 0 bridgehead atoms.